The van der Waals surface area contributed by atoms with E-state index in [1.807, 2.05) is 67.1 Å². The van der Waals surface area contributed by atoms with Crippen molar-refractivity contribution in [3.63, 3.8) is 0 Å². The first-order valence-corrected chi connectivity index (χ1v) is 8.55. The largest absolute Gasteiger partial charge is 0.339 e. The van der Waals surface area contributed by atoms with Gasteiger partial charge in [-0.1, -0.05) is 32.9 Å². The third-order valence-corrected chi connectivity index (χ3v) is 4.38. The van der Waals surface area contributed by atoms with Crippen LogP contribution in [-0.4, -0.2) is 57.6 Å². The zero-order valence-corrected chi connectivity index (χ0v) is 15.0. The van der Waals surface area contributed by atoms with E-state index in [1.54, 1.807) is 10.9 Å². The second-order valence-electron chi connectivity index (χ2n) is 7.30. The number of piperazine rings is 1. The van der Waals surface area contributed by atoms with Crippen molar-refractivity contribution < 1.29 is 9.59 Å². The molecule has 1 fully saturated rings. The zero-order chi connectivity index (χ0) is 18.0. The molecular formula is C19H24N4O2. The van der Waals surface area contributed by atoms with Crippen LogP contribution in [0.15, 0.2) is 42.7 Å². The molecule has 0 saturated carbocycles. The lowest BCUT2D eigenvalue weighted by atomic mass is 9.94. The topological polar surface area (TPSA) is 58.4 Å². The van der Waals surface area contributed by atoms with Crippen molar-refractivity contribution in [2.45, 2.75) is 20.8 Å². The number of rotatable bonds is 2. The molecule has 0 bridgehead atoms. The van der Waals surface area contributed by atoms with Crippen molar-refractivity contribution in [2.24, 2.45) is 5.41 Å². The number of carbonyl (C=O) groups excluding carboxylic acids is 2. The summed E-state index contributed by atoms with van der Waals surface area (Å²) in [5.74, 6) is 0.116. The average Bonchev–Trinajstić information content (AvgIpc) is 3.14. The number of amides is 2. The van der Waals surface area contributed by atoms with Gasteiger partial charge in [0.25, 0.3) is 5.91 Å². The molecule has 2 heterocycles. The summed E-state index contributed by atoms with van der Waals surface area (Å²) in [5, 5.41) is 4.23. The number of benzene rings is 1. The Morgan fingerprint density at radius 1 is 0.960 bits per heavy atom. The molecule has 1 aromatic carbocycles. The van der Waals surface area contributed by atoms with Gasteiger partial charge in [0, 0.05) is 44.0 Å². The normalized spacial score (nSPS) is 15.3. The monoisotopic (exact) mass is 340 g/mol. The van der Waals surface area contributed by atoms with Crippen LogP contribution in [0.2, 0.25) is 0 Å². The van der Waals surface area contributed by atoms with E-state index < -0.39 is 5.41 Å². The Labute approximate surface area is 148 Å². The molecule has 1 aromatic heterocycles. The molecule has 0 N–H and O–H groups in total. The molecule has 0 unspecified atom stereocenters. The summed E-state index contributed by atoms with van der Waals surface area (Å²) in [5.41, 5.74) is 1.01. The number of para-hydroxylation sites is 1. The average molecular weight is 340 g/mol. The van der Waals surface area contributed by atoms with Crippen molar-refractivity contribution in [1.29, 1.82) is 0 Å². The summed E-state index contributed by atoms with van der Waals surface area (Å²) in [6, 6.07) is 9.30. The first kappa shape index (κ1) is 17.2. The van der Waals surface area contributed by atoms with Gasteiger partial charge in [-0.2, -0.15) is 5.10 Å². The summed E-state index contributed by atoms with van der Waals surface area (Å²) in [6.07, 6.45) is 3.52. The van der Waals surface area contributed by atoms with Crippen LogP contribution in [0.5, 0.6) is 0 Å². The van der Waals surface area contributed by atoms with Gasteiger partial charge in [-0.05, 0) is 18.2 Å². The predicted octanol–water partition coefficient (Wildman–Crippen LogP) is 2.20. The molecule has 132 valence electrons. The van der Waals surface area contributed by atoms with Gasteiger partial charge < -0.3 is 9.80 Å². The second kappa shape index (κ2) is 6.70. The third kappa shape index (κ3) is 3.57. The molecule has 3 rings (SSSR count). The molecule has 1 saturated heterocycles. The fraction of sp³-hybridized carbons (Fsp3) is 0.421. The molecule has 0 aliphatic carbocycles. The van der Waals surface area contributed by atoms with E-state index in [9.17, 15) is 9.59 Å². The van der Waals surface area contributed by atoms with E-state index in [0.717, 1.165) is 5.69 Å². The van der Waals surface area contributed by atoms with E-state index in [-0.39, 0.29) is 11.8 Å². The SMILES string of the molecule is CC(C)(C)C(=O)N1CCN(C(=O)c2ccccc2-n2cccn2)CC1. The fourth-order valence-electron chi connectivity index (χ4n) is 3.02. The van der Waals surface area contributed by atoms with Crippen LogP contribution < -0.4 is 0 Å². The highest BCUT2D eigenvalue weighted by molar-refractivity contribution is 5.98. The van der Waals surface area contributed by atoms with Crippen LogP contribution in [0, 0.1) is 5.41 Å². The van der Waals surface area contributed by atoms with Crippen LogP contribution in [0.4, 0.5) is 0 Å². The quantitative estimate of drug-likeness (QED) is 0.842. The fourth-order valence-corrected chi connectivity index (χ4v) is 3.02. The van der Waals surface area contributed by atoms with E-state index in [0.29, 0.717) is 31.7 Å². The molecule has 6 nitrogen and oxygen atoms in total. The summed E-state index contributed by atoms with van der Waals surface area (Å²) in [7, 11) is 0. The predicted molar refractivity (Wildman–Crippen MR) is 95.5 cm³/mol. The van der Waals surface area contributed by atoms with Gasteiger partial charge in [0.05, 0.1) is 11.3 Å². The van der Waals surface area contributed by atoms with E-state index >= 15 is 0 Å². The molecule has 1 aliphatic heterocycles. The smallest absolute Gasteiger partial charge is 0.256 e. The minimum Gasteiger partial charge on any atom is -0.339 e. The lowest BCUT2D eigenvalue weighted by Crippen LogP contribution is -2.53. The van der Waals surface area contributed by atoms with Gasteiger partial charge in [-0.3, -0.25) is 9.59 Å². The molecule has 6 heteroatoms. The van der Waals surface area contributed by atoms with Gasteiger partial charge in [-0.25, -0.2) is 4.68 Å². The Hall–Kier alpha value is -2.63. The number of hydrogen-bond donors (Lipinski definition) is 0. The van der Waals surface area contributed by atoms with E-state index in [2.05, 4.69) is 5.10 Å². The maximum atomic E-state index is 13.0. The second-order valence-corrected chi connectivity index (χ2v) is 7.30. The van der Waals surface area contributed by atoms with Gasteiger partial charge in [0.2, 0.25) is 5.91 Å². The summed E-state index contributed by atoms with van der Waals surface area (Å²) >= 11 is 0. The lowest BCUT2D eigenvalue weighted by Gasteiger charge is -2.37. The highest BCUT2D eigenvalue weighted by atomic mass is 16.2. The maximum Gasteiger partial charge on any atom is 0.256 e. The Kier molecular flexibility index (Phi) is 4.61. The molecule has 2 amide bonds. The first-order chi connectivity index (χ1) is 11.9. The molecule has 0 atom stereocenters. The van der Waals surface area contributed by atoms with Crippen LogP contribution in [0.1, 0.15) is 31.1 Å². The van der Waals surface area contributed by atoms with Crippen molar-refractivity contribution in [2.75, 3.05) is 26.2 Å². The third-order valence-electron chi connectivity index (χ3n) is 4.38. The number of hydrogen-bond acceptors (Lipinski definition) is 3. The van der Waals surface area contributed by atoms with Crippen molar-refractivity contribution in [3.05, 3.63) is 48.3 Å². The van der Waals surface area contributed by atoms with Crippen LogP contribution in [-0.2, 0) is 4.79 Å². The van der Waals surface area contributed by atoms with Crippen molar-refractivity contribution in [3.8, 4) is 5.69 Å². The minimum absolute atomic E-state index is 0.0195. The van der Waals surface area contributed by atoms with Gasteiger partial charge in [0.1, 0.15) is 0 Å². The first-order valence-electron chi connectivity index (χ1n) is 8.55. The van der Waals surface area contributed by atoms with Crippen molar-refractivity contribution >= 4 is 11.8 Å². The molecule has 0 radical (unpaired) electrons. The van der Waals surface area contributed by atoms with Crippen LogP contribution >= 0.6 is 0 Å². The summed E-state index contributed by atoms with van der Waals surface area (Å²) in [4.78, 5) is 29.0. The highest BCUT2D eigenvalue weighted by Gasteiger charge is 2.31. The molecular weight excluding hydrogens is 316 g/mol. The summed E-state index contributed by atoms with van der Waals surface area (Å²) in [6.45, 7) is 8.02. The van der Waals surface area contributed by atoms with Crippen LogP contribution in [0.3, 0.4) is 0 Å². The van der Waals surface area contributed by atoms with Gasteiger partial charge in [-0.15, -0.1) is 0 Å². The van der Waals surface area contributed by atoms with Crippen molar-refractivity contribution in [1.82, 2.24) is 19.6 Å². The van der Waals surface area contributed by atoms with E-state index in [1.165, 1.54) is 0 Å². The molecule has 2 aromatic rings. The van der Waals surface area contributed by atoms with Crippen LogP contribution in [0.25, 0.3) is 5.69 Å². The molecule has 25 heavy (non-hydrogen) atoms. The van der Waals surface area contributed by atoms with Gasteiger partial charge in [0.15, 0.2) is 0 Å². The maximum absolute atomic E-state index is 13.0. The Bertz CT molecular complexity index is 754. The Balaban J connectivity index is 1.73. The number of carbonyl (C=O) groups is 2. The molecule has 0 spiro atoms. The number of nitrogens with zero attached hydrogens (tertiary/aromatic N) is 4. The Morgan fingerprint density at radius 3 is 2.20 bits per heavy atom. The highest BCUT2D eigenvalue weighted by Crippen LogP contribution is 2.20. The Morgan fingerprint density at radius 2 is 1.60 bits per heavy atom. The standard InChI is InChI=1S/C19H24N4O2/c1-19(2,3)18(25)22-13-11-21(12-14-22)17(24)15-7-4-5-8-16(15)23-10-6-9-20-23/h4-10H,11-14H2,1-3H3. The number of aromatic nitrogens is 2. The molecule has 1 aliphatic rings. The van der Waals surface area contributed by atoms with Gasteiger partial charge >= 0.3 is 0 Å². The zero-order valence-electron chi connectivity index (χ0n) is 15.0. The lowest BCUT2D eigenvalue weighted by molar-refractivity contribution is -0.140. The minimum atomic E-state index is -0.390. The van der Waals surface area contributed by atoms with E-state index in [4.69, 9.17) is 0 Å². The summed E-state index contributed by atoms with van der Waals surface area (Å²) < 4.78 is 1.70.